The number of ether oxygens (including phenoxy) is 1. The molecule has 1 aromatic rings. The van der Waals surface area contributed by atoms with Crippen LogP contribution >= 0.6 is 11.8 Å². The second kappa shape index (κ2) is 9.06. The van der Waals surface area contributed by atoms with E-state index in [9.17, 15) is 4.79 Å². The zero-order valence-electron chi connectivity index (χ0n) is 13.4. The molecule has 2 N–H and O–H groups in total. The van der Waals surface area contributed by atoms with Crippen LogP contribution in [0.1, 0.15) is 26.7 Å². The Morgan fingerprint density at radius 1 is 1.50 bits per heavy atom. The van der Waals surface area contributed by atoms with Crippen molar-refractivity contribution < 1.29 is 9.53 Å². The molecule has 122 valence electrons. The average molecular weight is 322 g/mol. The first-order valence-corrected chi connectivity index (χ1v) is 9.13. The largest absolute Gasteiger partial charge is 0.494 e. The molecule has 1 fully saturated rings. The van der Waals surface area contributed by atoms with Crippen LogP contribution in [0.15, 0.2) is 24.3 Å². The summed E-state index contributed by atoms with van der Waals surface area (Å²) >= 11 is 1.90. The predicted molar refractivity (Wildman–Crippen MR) is 93.8 cm³/mol. The Morgan fingerprint density at radius 2 is 2.36 bits per heavy atom. The van der Waals surface area contributed by atoms with Crippen LogP contribution in [0, 0.1) is 5.92 Å². The van der Waals surface area contributed by atoms with Crippen molar-refractivity contribution >= 4 is 23.4 Å². The maximum Gasteiger partial charge on any atom is 0.225 e. The van der Waals surface area contributed by atoms with E-state index in [-0.39, 0.29) is 11.9 Å². The predicted octanol–water partition coefficient (Wildman–Crippen LogP) is 3.15. The van der Waals surface area contributed by atoms with Gasteiger partial charge in [-0.25, -0.2) is 0 Å². The molecule has 1 aliphatic heterocycles. The molecule has 22 heavy (non-hydrogen) atoms. The lowest BCUT2D eigenvalue weighted by Gasteiger charge is -2.22. The molecule has 1 aromatic carbocycles. The zero-order valence-corrected chi connectivity index (χ0v) is 14.2. The van der Waals surface area contributed by atoms with Crippen molar-refractivity contribution in [3.05, 3.63) is 24.3 Å². The van der Waals surface area contributed by atoms with Crippen LogP contribution in [-0.2, 0) is 4.79 Å². The Bertz CT molecular complexity index is 473. The van der Waals surface area contributed by atoms with Gasteiger partial charge in [0.2, 0.25) is 5.91 Å². The standard InChI is InChI=1S/C17H26N2O2S/c1-13(2)6-8-21-16-5-3-4-14(10-16)19-17(20)11-15-12-22-9-7-18-15/h3-5,10,13,15,18H,6-9,11-12H2,1-2H3,(H,19,20). The zero-order chi connectivity index (χ0) is 15.8. The van der Waals surface area contributed by atoms with Gasteiger partial charge in [-0.05, 0) is 24.5 Å². The second-order valence-corrected chi connectivity index (χ2v) is 7.19. The summed E-state index contributed by atoms with van der Waals surface area (Å²) < 4.78 is 5.72. The Hall–Kier alpha value is -1.20. The Balaban J connectivity index is 1.80. The van der Waals surface area contributed by atoms with Gasteiger partial charge in [-0.3, -0.25) is 4.79 Å². The van der Waals surface area contributed by atoms with E-state index in [4.69, 9.17) is 4.74 Å². The normalized spacial score (nSPS) is 18.2. The number of thioether (sulfide) groups is 1. The molecule has 1 atom stereocenters. The quantitative estimate of drug-likeness (QED) is 0.810. The maximum atomic E-state index is 12.1. The molecule has 2 rings (SSSR count). The highest BCUT2D eigenvalue weighted by Crippen LogP contribution is 2.19. The first-order chi connectivity index (χ1) is 10.6. The third-order valence-electron chi connectivity index (χ3n) is 3.51. The lowest BCUT2D eigenvalue weighted by atomic mass is 10.1. The van der Waals surface area contributed by atoms with Gasteiger partial charge < -0.3 is 15.4 Å². The molecule has 1 heterocycles. The summed E-state index contributed by atoms with van der Waals surface area (Å²) in [5, 5.41) is 6.34. The smallest absolute Gasteiger partial charge is 0.225 e. The van der Waals surface area contributed by atoms with Gasteiger partial charge in [-0.1, -0.05) is 19.9 Å². The van der Waals surface area contributed by atoms with Crippen LogP contribution in [0.5, 0.6) is 5.75 Å². The molecule has 4 nitrogen and oxygen atoms in total. The lowest BCUT2D eigenvalue weighted by Crippen LogP contribution is -2.39. The van der Waals surface area contributed by atoms with Crippen molar-refractivity contribution in [3.63, 3.8) is 0 Å². The molecule has 1 aliphatic rings. The minimum absolute atomic E-state index is 0.0549. The van der Waals surface area contributed by atoms with Crippen LogP contribution in [0.3, 0.4) is 0 Å². The van der Waals surface area contributed by atoms with E-state index in [1.807, 2.05) is 36.0 Å². The summed E-state index contributed by atoms with van der Waals surface area (Å²) in [5.41, 5.74) is 0.801. The first kappa shape index (κ1) is 17.2. The maximum absolute atomic E-state index is 12.1. The van der Waals surface area contributed by atoms with Gasteiger partial charge in [-0.2, -0.15) is 11.8 Å². The van der Waals surface area contributed by atoms with E-state index in [2.05, 4.69) is 24.5 Å². The van der Waals surface area contributed by atoms with Crippen molar-refractivity contribution in [2.75, 3.05) is 30.0 Å². The number of nitrogens with one attached hydrogen (secondary N) is 2. The van der Waals surface area contributed by atoms with Crippen molar-refractivity contribution in [2.45, 2.75) is 32.7 Å². The summed E-state index contributed by atoms with van der Waals surface area (Å²) in [5.74, 6) is 3.63. The van der Waals surface area contributed by atoms with Gasteiger partial charge >= 0.3 is 0 Å². The van der Waals surface area contributed by atoms with Gasteiger partial charge in [0, 0.05) is 42.3 Å². The average Bonchev–Trinajstić information content (AvgIpc) is 2.48. The number of carbonyl (C=O) groups excluding carboxylic acids is 1. The molecule has 1 saturated heterocycles. The number of carbonyl (C=O) groups is 1. The van der Waals surface area contributed by atoms with Gasteiger partial charge in [0.1, 0.15) is 5.75 Å². The minimum atomic E-state index is 0.0549. The molecule has 0 spiro atoms. The van der Waals surface area contributed by atoms with Gasteiger partial charge in [0.15, 0.2) is 0 Å². The molecular formula is C17H26N2O2S. The van der Waals surface area contributed by atoms with Gasteiger partial charge in [0.25, 0.3) is 0 Å². The lowest BCUT2D eigenvalue weighted by molar-refractivity contribution is -0.116. The molecule has 0 aliphatic carbocycles. The molecule has 0 bridgehead atoms. The first-order valence-electron chi connectivity index (χ1n) is 7.97. The van der Waals surface area contributed by atoms with Crippen molar-refractivity contribution in [3.8, 4) is 5.75 Å². The third kappa shape index (κ3) is 6.28. The summed E-state index contributed by atoms with van der Waals surface area (Å²) in [4.78, 5) is 12.1. The highest BCUT2D eigenvalue weighted by molar-refractivity contribution is 7.99. The molecule has 0 aromatic heterocycles. The van der Waals surface area contributed by atoms with Crippen molar-refractivity contribution in [1.82, 2.24) is 5.32 Å². The van der Waals surface area contributed by atoms with Gasteiger partial charge in [0.05, 0.1) is 6.61 Å². The molecular weight excluding hydrogens is 296 g/mol. The molecule has 1 unspecified atom stereocenters. The SMILES string of the molecule is CC(C)CCOc1cccc(NC(=O)CC2CSCCN2)c1. The van der Waals surface area contributed by atoms with Crippen LogP contribution in [0.25, 0.3) is 0 Å². The highest BCUT2D eigenvalue weighted by Gasteiger charge is 2.16. The van der Waals surface area contributed by atoms with Crippen LogP contribution in [0.4, 0.5) is 5.69 Å². The Morgan fingerprint density at radius 3 is 3.09 bits per heavy atom. The van der Waals surface area contributed by atoms with Gasteiger partial charge in [-0.15, -0.1) is 0 Å². The summed E-state index contributed by atoms with van der Waals surface area (Å²) in [6, 6.07) is 7.91. The van der Waals surface area contributed by atoms with Crippen molar-refractivity contribution in [1.29, 1.82) is 0 Å². The Labute approximate surface area is 137 Å². The van der Waals surface area contributed by atoms with Crippen molar-refractivity contribution in [2.24, 2.45) is 5.92 Å². The van der Waals surface area contributed by atoms with E-state index in [1.165, 1.54) is 0 Å². The van der Waals surface area contributed by atoms with E-state index < -0.39 is 0 Å². The number of amides is 1. The summed E-state index contributed by atoms with van der Waals surface area (Å²) in [6.45, 7) is 6.05. The Kier molecular flexibility index (Phi) is 7.06. The fourth-order valence-electron chi connectivity index (χ4n) is 2.26. The van der Waals surface area contributed by atoms with Crippen LogP contribution in [-0.4, -0.2) is 36.6 Å². The number of anilines is 1. The van der Waals surface area contributed by atoms with E-state index in [1.54, 1.807) is 0 Å². The van der Waals surface area contributed by atoms with E-state index >= 15 is 0 Å². The van der Waals surface area contributed by atoms with Crippen LogP contribution < -0.4 is 15.4 Å². The second-order valence-electron chi connectivity index (χ2n) is 6.04. The third-order valence-corrected chi connectivity index (χ3v) is 4.64. The van der Waals surface area contributed by atoms with Crippen LogP contribution in [0.2, 0.25) is 0 Å². The summed E-state index contributed by atoms with van der Waals surface area (Å²) in [6.07, 6.45) is 1.55. The molecule has 1 amide bonds. The molecule has 0 saturated carbocycles. The number of hydrogen-bond donors (Lipinski definition) is 2. The fourth-order valence-corrected chi connectivity index (χ4v) is 3.21. The highest BCUT2D eigenvalue weighted by atomic mass is 32.2. The van der Waals surface area contributed by atoms with E-state index in [0.717, 1.165) is 35.9 Å². The molecule has 0 radical (unpaired) electrons. The fraction of sp³-hybridized carbons (Fsp3) is 0.588. The monoisotopic (exact) mass is 322 g/mol. The summed E-state index contributed by atoms with van der Waals surface area (Å²) in [7, 11) is 0. The number of benzene rings is 1. The molecule has 5 heteroatoms. The topological polar surface area (TPSA) is 50.4 Å². The number of hydrogen-bond acceptors (Lipinski definition) is 4. The number of rotatable bonds is 7. The van der Waals surface area contributed by atoms with E-state index in [0.29, 0.717) is 18.9 Å². The minimum Gasteiger partial charge on any atom is -0.494 e.